The standard InChI is InChI=1S/C17H22O2/c1-14-13-15(14)9-6-4-2-3-5-7-10-16-11-8-12-17(18)19-16/h3,5-10,12,14-16H,2,4,11,13H2,1H3/b5-3+,9-6+,10-7+/t14-,15-,16-/m1/s1. The van der Waals surface area contributed by atoms with Crippen molar-refractivity contribution in [3.8, 4) is 0 Å². The fraction of sp³-hybridized carbons (Fsp3) is 0.471. The number of rotatable bonds is 6. The maximum atomic E-state index is 11.0. The van der Waals surface area contributed by atoms with Crippen LogP contribution in [0.1, 0.15) is 32.6 Å². The summed E-state index contributed by atoms with van der Waals surface area (Å²) in [6.07, 6.45) is 20.3. The number of carbonyl (C=O) groups is 1. The van der Waals surface area contributed by atoms with Crippen LogP contribution in [0, 0.1) is 11.8 Å². The Kier molecular flexibility index (Phi) is 5.20. The first-order valence-corrected chi connectivity index (χ1v) is 7.13. The molecule has 0 aromatic rings. The highest BCUT2D eigenvalue weighted by atomic mass is 16.5. The van der Waals surface area contributed by atoms with Gasteiger partial charge in [-0.1, -0.05) is 43.4 Å². The van der Waals surface area contributed by atoms with E-state index >= 15 is 0 Å². The van der Waals surface area contributed by atoms with Crippen LogP contribution < -0.4 is 0 Å². The minimum absolute atomic E-state index is 0.0987. The van der Waals surface area contributed by atoms with E-state index in [9.17, 15) is 4.79 Å². The molecule has 0 radical (unpaired) electrons. The van der Waals surface area contributed by atoms with Gasteiger partial charge in [0.25, 0.3) is 0 Å². The summed E-state index contributed by atoms with van der Waals surface area (Å²) in [4.78, 5) is 11.0. The Hall–Kier alpha value is -1.57. The third kappa shape index (κ3) is 5.29. The molecule has 2 aliphatic rings. The second-order valence-corrected chi connectivity index (χ2v) is 5.31. The van der Waals surface area contributed by atoms with E-state index in [-0.39, 0.29) is 12.1 Å². The minimum Gasteiger partial charge on any atom is -0.455 e. The molecular formula is C17H22O2. The summed E-state index contributed by atoms with van der Waals surface area (Å²) in [5.74, 6) is 1.50. The SMILES string of the molecule is C[C@@H]1C[C@H]1/C=C/CC/C=C/C=C/[C@@H]1CC=CC(=O)O1. The molecule has 0 saturated heterocycles. The van der Waals surface area contributed by atoms with E-state index in [1.54, 1.807) is 0 Å². The first kappa shape index (κ1) is 13.9. The molecule has 0 amide bonds. The number of hydrogen-bond acceptors (Lipinski definition) is 2. The van der Waals surface area contributed by atoms with Crippen LogP contribution in [0.2, 0.25) is 0 Å². The zero-order valence-electron chi connectivity index (χ0n) is 11.5. The number of ether oxygens (including phenoxy) is 1. The van der Waals surface area contributed by atoms with E-state index in [1.807, 2.05) is 24.3 Å². The Morgan fingerprint density at radius 1 is 1.26 bits per heavy atom. The molecule has 1 fully saturated rings. The molecule has 1 aliphatic heterocycles. The lowest BCUT2D eigenvalue weighted by atomic mass is 10.2. The molecule has 1 aliphatic carbocycles. The third-order valence-corrected chi connectivity index (χ3v) is 3.52. The van der Waals surface area contributed by atoms with Crippen LogP contribution in [-0.4, -0.2) is 12.1 Å². The van der Waals surface area contributed by atoms with Crippen LogP contribution in [0.3, 0.4) is 0 Å². The van der Waals surface area contributed by atoms with Crippen LogP contribution in [-0.2, 0) is 9.53 Å². The van der Waals surface area contributed by atoms with Crippen molar-refractivity contribution < 1.29 is 9.53 Å². The number of cyclic esters (lactones) is 1. The Balaban J connectivity index is 1.57. The smallest absolute Gasteiger partial charge is 0.331 e. The number of hydrogen-bond donors (Lipinski definition) is 0. The number of allylic oxidation sites excluding steroid dienone is 5. The molecule has 19 heavy (non-hydrogen) atoms. The highest BCUT2D eigenvalue weighted by Crippen LogP contribution is 2.38. The van der Waals surface area contributed by atoms with E-state index in [1.165, 1.54) is 12.5 Å². The molecule has 102 valence electrons. The molecular weight excluding hydrogens is 236 g/mol. The highest BCUT2D eigenvalue weighted by Gasteiger charge is 2.29. The van der Waals surface area contributed by atoms with Crippen LogP contribution in [0.4, 0.5) is 0 Å². The average molecular weight is 258 g/mol. The molecule has 0 unspecified atom stereocenters. The lowest BCUT2D eigenvalue weighted by Crippen LogP contribution is -2.17. The van der Waals surface area contributed by atoms with Crippen molar-refractivity contribution in [3.63, 3.8) is 0 Å². The van der Waals surface area contributed by atoms with Crippen LogP contribution in [0.25, 0.3) is 0 Å². The van der Waals surface area contributed by atoms with Crippen molar-refractivity contribution in [3.05, 3.63) is 48.6 Å². The minimum atomic E-state index is -0.246. The molecule has 0 spiro atoms. The quantitative estimate of drug-likeness (QED) is 0.312. The Labute approximate surface area is 115 Å². The fourth-order valence-electron chi connectivity index (χ4n) is 2.10. The van der Waals surface area contributed by atoms with Gasteiger partial charge in [-0.05, 0) is 37.2 Å². The molecule has 0 N–H and O–H groups in total. The monoisotopic (exact) mass is 258 g/mol. The van der Waals surface area contributed by atoms with Crippen molar-refractivity contribution >= 4 is 5.97 Å². The largest absolute Gasteiger partial charge is 0.455 e. The molecule has 0 aromatic carbocycles. The zero-order valence-corrected chi connectivity index (χ0v) is 11.5. The predicted molar refractivity (Wildman–Crippen MR) is 77.6 cm³/mol. The van der Waals surface area contributed by atoms with Gasteiger partial charge in [0.2, 0.25) is 0 Å². The van der Waals surface area contributed by atoms with Gasteiger partial charge in [-0.25, -0.2) is 4.79 Å². The number of esters is 1. The summed E-state index contributed by atoms with van der Waals surface area (Å²) in [5, 5.41) is 0. The maximum absolute atomic E-state index is 11.0. The average Bonchev–Trinajstić information content (AvgIpc) is 3.09. The van der Waals surface area contributed by atoms with Gasteiger partial charge in [-0.15, -0.1) is 0 Å². The number of unbranched alkanes of at least 4 members (excludes halogenated alkanes) is 1. The highest BCUT2D eigenvalue weighted by molar-refractivity contribution is 5.82. The van der Waals surface area contributed by atoms with Crippen molar-refractivity contribution in [2.75, 3.05) is 0 Å². The molecule has 3 atom stereocenters. The number of carbonyl (C=O) groups excluding carboxylic acids is 1. The van der Waals surface area contributed by atoms with Gasteiger partial charge in [0.1, 0.15) is 6.10 Å². The molecule has 1 heterocycles. The van der Waals surface area contributed by atoms with Crippen molar-refractivity contribution in [2.24, 2.45) is 11.8 Å². The summed E-state index contributed by atoms with van der Waals surface area (Å²) < 4.78 is 5.12. The Morgan fingerprint density at radius 3 is 2.79 bits per heavy atom. The molecule has 1 saturated carbocycles. The third-order valence-electron chi connectivity index (χ3n) is 3.52. The summed E-state index contributed by atoms with van der Waals surface area (Å²) >= 11 is 0. The normalized spacial score (nSPS) is 30.6. The van der Waals surface area contributed by atoms with Gasteiger partial charge in [-0.2, -0.15) is 0 Å². The van der Waals surface area contributed by atoms with Gasteiger partial charge >= 0.3 is 5.97 Å². The maximum Gasteiger partial charge on any atom is 0.331 e. The van der Waals surface area contributed by atoms with Gasteiger partial charge in [0.15, 0.2) is 0 Å². The first-order chi connectivity index (χ1) is 9.25. The van der Waals surface area contributed by atoms with E-state index in [0.29, 0.717) is 0 Å². The fourth-order valence-corrected chi connectivity index (χ4v) is 2.10. The summed E-state index contributed by atoms with van der Waals surface area (Å²) in [7, 11) is 0. The zero-order chi connectivity index (χ0) is 13.5. The van der Waals surface area contributed by atoms with Gasteiger partial charge in [0.05, 0.1) is 0 Å². The predicted octanol–water partition coefficient (Wildman–Crippen LogP) is 3.96. The van der Waals surface area contributed by atoms with Gasteiger partial charge < -0.3 is 4.74 Å². The second-order valence-electron chi connectivity index (χ2n) is 5.31. The Morgan fingerprint density at radius 2 is 2.05 bits per heavy atom. The topological polar surface area (TPSA) is 26.3 Å². The van der Waals surface area contributed by atoms with E-state index in [2.05, 4.69) is 25.2 Å². The van der Waals surface area contributed by atoms with Gasteiger partial charge in [-0.3, -0.25) is 0 Å². The second kappa shape index (κ2) is 7.13. The van der Waals surface area contributed by atoms with Crippen molar-refractivity contribution in [1.82, 2.24) is 0 Å². The van der Waals surface area contributed by atoms with Crippen molar-refractivity contribution in [1.29, 1.82) is 0 Å². The van der Waals surface area contributed by atoms with Gasteiger partial charge in [0, 0.05) is 12.5 Å². The first-order valence-electron chi connectivity index (χ1n) is 7.13. The van der Waals surface area contributed by atoms with Crippen LogP contribution in [0.5, 0.6) is 0 Å². The summed E-state index contributed by atoms with van der Waals surface area (Å²) in [6, 6.07) is 0. The van der Waals surface area contributed by atoms with E-state index in [0.717, 1.165) is 31.1 Å². The van der Waals surface area contributed by atoms with Crippen LogP contribution >= 0.6 is 0 Å². The lowest BCUT2D eigenvalue weighted by Gasteiger charge is -2.13. The summed E-state index contributed by atoms with van der Waals surface area (Å²) in [6.45, 7) is 2.30. The van der Waals surface area contributed by atoms with Crippen LogP contribution in [0.15, 0.2) is 48.6 Å². The molecule has 2 heteroatoms. The lowest BCUT2D eigenvalue weighted by molar-refractivity contribution is -0.141. The molecule has 2 nitrogen and oxygen atoms in total. The summed E-state index contributed by atoms with van der Waals surface area (Å²) in [5.41, 5.74) is 0. The van der Waals surface area contributed by atoms with E-state index in [4.69, 9.17) is 4.74 Å². The van der Waals surface area contributed by atoms with Crippen molar-refractivity contribution in [2.45, 2.75) is 38.7 Å². The Bertz CT molecular complexity index is 415. The van der Waals surface area contributed by atoms with E-state index < -0.39 is 0 Å². The molecule has 2 rings (SSSR count). The molecule has 0 bridgehead atoms. The molecule has 0 aromatic heterocycles.